The van der Waals surface area contributed by atoms with Gasteiger partial charge < -0.3 is 9.64 Å². The van der Waals surface area contributed by atoms with Crippen LogP contribution in [-0.4, -0.2) is 28.9 Å². The average molecular weight is 284 g/mol. The summed E-state index contributed by atoms with van der Waals surface area (Å²) in [5.74, 6) is 0.735. The standard InChI is InChI=1S/C17H20N2O2/c1-3-19(13-14-8-10-18-11-9-14)17(20)15-6-5-7-16(12-15)21-4-2/h5-12H,3-4,13H2,1-2H3. The van der Waals surface area contributed by atoms with Crippen molar-refractivity contribution >= 4 is 5.91 Å². The first-order valence-electron chi connectivity index (χ1n) is 7.15. The van der Waals surface area contributed by atoms with E-state index in [1.54, 1.807) is 23.4 Å². The zero-order valence-electron chi connectivity index (χ0n) is 12.5. The lowest BCUT2D eigenvalue weighted by molar-refractivity contribution is 0.0752. The number of benzene rings is 1. The molecule has 0 N–H and O–H groups in total. The molecular weight excluding hydrogens is 264 g/mol. The Morgan fingerprint density at radius 1 is 1.19 bits per heavy atom. The average Bonchev–Trinajstić information content (AvgIpc) is 2.53. The topological polar surface area (TPSA) is 42.4 Å². The molecule has 0 aliphatic carbocycles. The quantitative estimate of drug-likeness (QED) is 0.818. The Morgan fingerprint density at radius 3 is 2.62 bits per heavy atom. The van der Waals surface area contributed by atoms with Crippen molar-refractivity contribution in [2.75, 3.05) is 13.2 Å². The van der Waals surface area contributed by atoms with E-state index >= 15 is 0 Å². The van der Waals surface area contributed by atoms with Gasteiger partial charge in [-0.05, 0) is 49.7 Å². The molecule has 0 aliphatic rings. The monoisotopic (exact) mass is 284 g/mol. The molecule has 1 aromatic carbocycles. The van der Waals surface area contributed by atoms with E-state index in [0.717, 1.165) is 11.3 Å². The molecule has 0 bridgehead atoms. The van der Waals surface area contributed by atoms with Crippen LogP contribution < -0.4 is 4.74 Å². The van der Waals surface area contributed by atoms with Crippen molar-refractivity contribution in [2.24, 2.45) is 0 Å². The number of carbonyl (C=O) groups excluding carboxylic acids is 1. The van der Waals surface area contributed by atoms with E-state index in [9.17, 15) is 4.79 Å². The van der Waals surface area contributed by atoms with Gasteiger partial charge in [-0.1, -0.05) is 6.07 Å². The van der Waals surface area contributed by atoms with Gasteiger partial charge >= 0.3 is 0 Å². The summed E-state index contributed by atoms with van der Waals surface area (Å²) >= 11 is 0. The molecule has 0 radical (unpaired) electrons. The number of carbonyl (C=O) groups is 1. The minimum absolute atomic E-state index is 0.0101. The Morgan fingerprint density at radius 2 is 1.95 bits per heavy atom. The van der Waals surface area contributed by atoms with Gasteiger partial charge in [0, 0.05) is 31.0 Å². The summed E-state index contributed by atoms with van der Waals surface area (Å²) in [7, 11) is 0. The number of ether oxygens (including phenoxy) is 1. The molecular formula is C17H20N2O2. The van der Waals surface area contributed by atoms with Crippen LogP contribution >= 0.6 is 0 Å². The smallest absolute Gasteiger partial charge is 0.254 e. The third-order valence-electron chi connectivity index (χ3n) is 3.18. The molecule has 2 aromatic rings. The highest BCUT2D eigenvalue weighted by molar-refractivity contribution is 5.94. The Kier molecular flexibility index (Phi) is 5.32. The Hall–Kier alpha value is -2.36. The fourth-order valence-corrected chi connectivity index (χ4v) is 2.10. The molecule has 0 unspecified atom stereocenters. The first-order valence-corrected chi connectivity index (χ1v) is 7.15. The molecule has 1 amide bonds. The summed E-state index contributed by atoms with van der Waals surface area (Å²) in [6.07, 6.45) is 3.48. The van der Waals surface area contributed by atoms with Crippen LogP contribution in [0, 0.1) is 0 Å². The fourth-order valence-electron chi connectivity index (χ4n) is 2.10. The third-order valence-corrected chi connectivity index (χ3v) is 3.18. The lowest BCUT2D eigenvalue weighted by Gasteiger charge is -2.21. The predicted octanol–water partition coefficient (Wildman–Crippen LogP) is 3.14. The molecule has 4 heteroatoms. The van der Waals surface area contributed by atoms with Gasteiger partial charge in [-0.25, -0.2) is 0 Å². The van der Waals surface area contributed by atoms with Crippen molar-refractivity contribution in [1.29, 1.82) is 0 Å². The summed E-state index contributed by atoms with van der Waals surface area (Å²) in [4.78, 5) is 18.4. The molecule has 0 atom stereocenters. The van der Waals surface area contributed by atoms with Crippen LogP contribution in [0.4, 0.5) is 0 Å². The van der Waals surface area contributed by atoms with Crippen molar-refractivity contribution in [3.05, 3.63) is 59.9 Å². The first kappa shape index (κ1) is 15.0. The van der Waals surface area contributed by atoms with E-state index in [-0.39, 0.29) is 5.91 Å². The summed E-state index contributed by atoms with van der Waals surface area (Å²) in [6, 6.07) is 11.2. The summed E-state index contributed by atoms with van der Waals surface area (Å²) in [5.41, 5.74) is 1.72. The number of nitrogens with zero attached hydrogens (tertiary/aromatic N) is 2. The minimum Gasteiger partial charge on any atom is -0.494 e. The van der Waals surface area contributed by atoms with Gasteiger partial charge in [0.15, 0.2) is 0 Å². The van der Waals surface area contributed by atoms with Crippen LogP contribution in [0.1, 0.15) is 29.8 Å². The van der Waals surface area contributed by atoms with E-state index in [1.807, 2.05) is 44.2 Å². The fraction of sp³-hybridized carbons (Fsp3) is 0.294. The van der Waals surface area contributed by atoms with Gasteiger partial charge in [-0.15, -0.1) is 0 Å². The molecule has 1 heterocycles. The Balaban J connectivity index is 2.14. The number of pyridine rings is 1. The predicted molar refractivity (Wildman–Crippen MR) is 82.3 cm³/mol. The highest BCUT2D eigenvalue weighted by atomic mass is 16.5. The van der Waals surface area contributed by atoms with Crippen molar-refractivity contribution in [1.82, 2.24) is 9.88 Å². The maximum Gasteiger partial charge on any atom is 0.254 e. The maximum atomic E-state index is 12.6. The number of aromatic nitrogens is 1. The lowest BCUT2D eigenvalue weighted by Crippen LogP contribution is -2.30. The van der Waals surface area contributed by atoms with Gasteiger partial charge in [0.1, 0.15) is 5.75 Å². The van der Waals surface area contributed by atoms with E-state index in [4.69, 9.17) is 4.74 Å². The SMILES string of the molecule is CCOc1cccc(C(=O)N(CC)Cc2ccncc2)c1. The van der Waals surface area contributed by atoms with Crippen LogP contribution in [0.2, 0.25) is 0 Å². The summed E-state index contributed by atoms with van der Waals surface area (Å²) < 4.78 is 5.45. The molecule has 4 nitrogen and oxygen atoms in total. The molecule has 0 saturated heterocycles. The van der Waals surface area contributed by atoms with E-state index in [2.05, 4.69) is 4.98 Å². The first-order chi connectivity index (χ1) is 10.2. The zero-order valence-corrected chi connectivity index (χ0v) is 12.5. The second kappa shape index (κ2) is 7.43. The molecule has 0 saturated carbocycles. The number of rotatable bonds is 6. The molecule has 110 valence electrons. The number of hydrogen-bond acceptors (Lipinski definition) is 3. The van der Waals surface area contributed by atoms with Crippen LogP contribution in [0.15, 0.2) is 48.8 Å². The Bertz CT molecular complexity index is 584. The second-order valence-electron chi connectivity index (χ2n) is 4.64. The van der Waals surface area contributed by atoms with Crippen LogP contribution in [-0.2, 0) is 6.54 Å². The van der Waals surface area contributed by atoms with Gasteiger partial charge in [-0.3, -0.25) is 9.78 Å². The Labute approximate surface area is 125 Å². The van der Waals surface area contributed by atoms with Crippen LogP contribution in [0.5, 0.6) is 5.75 Å². The number of amides is 1. The van der Waals surface area contributed by atoms with Crippen LogP contribution in [0.25, 0.3) is 0 Å². The van der Waals surface area contributed by atoms with E-state index in [0.29, 0.717) is 25.3 Å². The van der Waals surface area contributed by atoms with Gasteiger partial charge in [0.2, 0.25) is 0 Å². The second-order valence-corrected chi connectivity index (χ2v) is 4.64. The van der Waals surface area contributed by atoms with E-state index in [1.165, 1.54) is 0 Å². The molecule has 1 aromatic heterocycles. The van der Waals surface area contributed by atoms with Crippen LogP contribution in [0.3, 0.4) is 0 Å². The molecule has 21 heavy (non-hydrogen) atoms. The van der Waals surface area contributed by atoms with Gasteiger partial charge in [-0.2, -0.15) is 0 Å². The summed E-state index contributed by atoms with van der Waals surface area (Å²) in [6.45, 7) is 5.73. The maximum absolute atomic E-state index is 12.6. The normalized spacial score (nSPS) is 10.2. The largest absolute Gasteiger partial charge is 0.494 e. The van der Waals surface area contributed by atoms with Crippen molar-refractivity contribution in [2.45, 2.75) is 20.4 Å². The lowest BCUT2D eigenvalue weighted by atomic mass is 10.1. The molecule has 2 rings (SSSR count). The van der Waals surface area contributed by atoms with E-state index < -0.39 is 0 Å². The summed E-state index contributed by atoms with van der Waals surface area (Å²) in [5, 5.41) is 0. The molecule has 0 aliphatic heterocycles. The van der Waals surface area contributed by atoms with Gasteiger partial charge in [0.25, 0.3) is 5.91 Å². The number of hydrogen-bond donors (Lipinski definition) is 0. The molecule has 0 spiro atoms. The highest BCUT2D eigenvalue weighted by Gasteiger charge is 2.15. The molecule has 0 fully saturated rings. The van der Waals surface area contributed by atoms with Crippen molar-refractivity contribution in [3.8, 4) is 5.75 Å². The van der Waals surface area contributed by atoms with Crippen molar-refractivity contribution in [3.63, 3.8) is 0 Å². The zero-order chi connectivity index (χ0) is 15.1. The minimum atomic E-state index is 0.0101. The third kappa shape index (κ3) is 4.05. The van der Waals surface area contributed by atoms with Crippen molar-refractivity contribution < 1.29 is 9.53 Å². The highest BCUT2D eigenvalue weighted by Crippen LogP contribution is 2.16. The van der Waals surface area contributed by atoms with Gasteiger partial charge in [0.05, 0.1) is 6.61 Å².